The second-order valence-corrected chi connectivity index (χ2v) is 9.85. The van der Waals surface area contributed by atoms with E-state index in [9.17, 15) is 9.90 Å². The van der Waals surface area contributed by atoms with Gasteiger partial charge in [0.1, 0.15) is 17.0 Å². The van der Waals surface area contributed by atoms with E-state index in [1.54, 1.807) is 10.7 Å². The third kappa shape index (κ3) is 4.53. The Morgan fingerprint density at radius 3 is 2.74 bits per heavy atom. The molecule has 0 saturated carbocycles. The zero-order valence-electron chi connectivity index (χ0n) is 21.8. The maximum absolute atomic E-state index is 13.3. The first-order valence-corrected chi connectivity index (χ1v) is 12.7. The predicted octanol–water partition coefficient (Wildman–Crippen LogP) is 3.20. The highest BCUT2D eigenvalue weighted by molar-refractivity contribution is 6.00. The summed E-state index contributed by atoms with van der Waals surface area (Å²) in [5.41, 5.74) is 5.97. The highest BCUT2D eigenvalue weighted by Crippen LogP contribution is 2.29. The Kier molecular flexibility index (Phi) is 6.34. The first-order chi connectivity index (χ1) is 18.9. The van der Waals surface area contributed by atoms with Gasteiger partial charge in [-0.25, -0.2) is 9.97 Å². The number of aliphatic hydroxyl groups is 1. The van der Waals surface area contributed by atoms with Crippen LogP contribution < -0.4 is 10.2 Å². The number of benzene rings is 1. The van der Waals surface area contributed by atoms with Gasteiger partial charge >= 0.3 is 0 Å². The van der Waals surface area contributed by atoms with Gasteiger partial charge in [0.05, 0.1) is 42.9 Å². The van der Waals surface area contributed by atoms with Crippen LogP contribution in [0, 0.1) is 0 Å². The molecule has 6 rings (SSSR count). The number of nitrogens with zero attached hydrogens (tertiary/aromatic N) is 6. The van der Waals surface area contributed by atoms with Crippen molar-refractivity contribution in [3.8, 4) is 11.4 Å². The molecule has 10 nitrogen and oxygen atoms in total. The molecule has 0 aliphatic carbocycles. The van der Waals surface area contributed by atoms with E-state index in [-0.39, 0.29) is 19.1 Å². The number of carbonyl (C=O) groups is 1. The van der Waals surface area contributed by atoms with E-state index in [0.29, 0.717) is 23.4 Å². The standard InChI is InChI=1S/C29H29N7O3/c1-18(2)20-9-10-24(35-12-11-30-27(20)35)22-13-26(34(3)15-19-7-5-4-6-8-19)36-28(32-22)21(14-31-36)29(38)33-23-16-39-17-25(23)37/h4-14,23,25,37H,1,15-17H2,2-3H3,(H,33,38)/t23-,25+/m0/s1. The second kappa shape index (κ2) is 9.97. The van der Waals surface area contributed by atoms with E-state index in [4.69, 9.17) is 9.72 Å². The van der Waals surface area contributed by atoms with Gasteiger partial charge in [0.25, 0.3) is 5.91 Å². The predicted molar refractivity (Wildman–Crippen MR) is 149 cm³/mol. The molecule has 1 aliphatic rings. The van der Waals surface area contributed by atoms with Crippen molar-refractivity contribution in [3.05, 3.63) is 90.4 Å². The van der Waals surface area contributed by atoms with Crippen LogP contribution >= 0.6 is 0 Å². The van der Waals surface area contributed by atoms with Crippen LogP contribution in [0.15, 0.2) is 73.7 Å². The highest BCUT2D eigenvalue weighted by atomic mass is 16.5. The molecule has 4 aromatic heterocycles. The van der Waals surface area contributed by atoms with Crippen LogP contribution in [0.4, 0.5) is 5.82 Å². The van der Waals surface area contributed by atoms with Gasteiger partial charge in [-0.05, 0) is 30.2 Å². The number of allylic oxidation sites excluding steroid dienone is 1. The molecule has 1 aliphatic heterocycles. The zero-order valence-corrected chi connectivity index (χ0v) is 21.8. The summed E-state index contributed by atoms with van der Waals surface area (Å²) >= 11 is 0. The van der Waals surface area contributed by atoms with E-state index in [2.05, 4.69) is 39.0 Å². The fourth-order valence-electron chi connectivity index (χ4n) is 4.93. The molecular weight excluding hydrogens is 494 g/mol. The number of aromatic nitrogens is 5. The number of anilines is 1. The molecule has 5 aromatic rings. The molecule has 198 valence electrons. The Morgan fingerprint density at radius 1 is 1.18 bits per heavy atom. The Hall–Kier alpha value is -4.54. The van der Waals surface area contributed by atoms with Crippen LogP contribution in [0.3, 0.4) is 0 Å². The molecule has 1 fully saturated rings. The van der Waals surface area contributed by atoms with Crippen molar-refractivity contribution in [1.82, 2.24) is 29.3 Å². The Morgan fingerprint density at radius 2 is 2.00 bits per heavy atom. The van der Waals surface area contributed by atoms with Crippen LogP contribution in [0.25, 0.3) is 28.3 Å². The zero-order chi connectivity index (χ0) is 27.1. The molecule has 1 saturated heterocycles. The quantitative estimate of drug-likeness (QED) is 0.337. The van der Waals surface area contributed by atoms with Gasteiger partial charge < -0.3 is 20.1 Å². The minimum atomic E-state index is -0.756. The number of hydrogen-bond donors (Lipinski definition) is 2. The van der Waals surface area contributed by atoms with Crippen LogP contribution in [-0.2, 0) is 11.3 Å². The molecule has 0 radical (unpaired) electrons. The van der Waals surface area contributed by atoms with E-state index in [1.807, 2.05) is 61.0 Å². The van der Waals surface area contributed by atoms with Gasteiger partial charge in [-0.15, -0.1) is 0 Å². The summed E-state index contributed by atoms with van der Waals surface area (Å²) in [5, 5.41) is 17.6. The Bertz CT molecular complexity index is 1690. The van der Waals surface area contributed by atoms with Gasteiger partial charge in [0.15, 0.2) is 5.65 Å². The average molecular weight is 524 g/mol. The molecule has 5 heterocycles. The molecule has 2 N–H and O–H groups in total. The summed E-state index contributed by atoms with van der Waals surface area (Å²) in [6, 6.07) is 15.6. The van der Waals surface area contributed by atoms with Gasteiger partial charge in [0.2, 0.25) is 0 Å². The molecule has 39 heavy (non-hydrogen) atoms. The van der Waals surface area contributed by atoms with Crippen molar-refractivity contribution in [1.29, 1.82) is 0 Å². The van der Waals surface area contributed by atoms with Crippen LogP contribution in [-0.4, -0.2) is 67.4 Å². The molecule has 10 heteroatoms. The maximum atomic E-state index is 13.3. The number of carbonyl (C=O) groups excluding carboxylic acids is 1. The summed E-state index contributed by atoms with van der Waals surface area (Å²) in [5.74, 6) is 0.394. The molecule has 1 aromatic carbocycles. The Labute approximate surface area is 225 Å². The third-order valence-electron chi connectivity index (χ3n) is 6.99. The number of imidazole rings is 1. The summed E-state index contributed by atoms with van der Waals surface area (Å²) in [4.78, 5) is 24.9. The lowest BCUT2D eigenvalue weighted by Gasteiger charge is -2.21. The molecule has 0 unspecified atom stereocenters. The first kappa shape index (κ1) is 24.8. The van der Waals surface area contributed by atoms with Crippen LogP contribution in [0.5, 0.6) is 0 Å². The summed E-state index contributed by atoms with van der Waals surface area (Å²) in [6.45, 7) is 7.11. The fourth-order valence-corrected chi connectivity index (χ4v) is 4.93. The van der Waals surface area contributed by atoms with Gasteiger partial charge in [-0.1, -0.05) is 36.9 Å². The molecule has 1 amide bonds. The minimum absolute atomic E-state index is 0.192. The molecule has 2 atom stereocenters. The number of aliphatic hydroxyl groups excluding tert-OH is 1. The minimum Gasteiger partial charge on any atom is -0.388 e. The number of pyridine rings is 1. The first-order valence-electron chi connectivity index (χ1n) is 12.7. The number of amides is 1. The topological polar surface area (TPSA) is 109 Å². The second-order valence-electron chi connectivity index (χ2n) is 9.85. The van der Waals surface area contributed by atoms with Crippen LogP contribution in [0.1, 0.15) is 28.4 Å². The lowest BCUT2D eigenvalue weighted by Crippen LogP contribution is -2.42. The number of hydrogen-bond acceptors (Lipinski definition) is 7. The van der Waals surface area contributed by atoms with E-state index in [0.717, 1.165) is 33.9 Å². The van der Waals surface area contributed by atoms with Crippen LogP contribution in [0.2, 0.25) is 0 Å². The number of rotatable bonds is 7. The van der Waals surface area contributed by atoms with Gasteiger partial charge in [-0.2, -0.15) is 9.61 Å². The number of ether oxygens (including phenoxy) is 1. The van der Waals surface area contributed by atoms with Crippen molar-refractivity contribution in [2.45, 2.75) is 25.6 Å². The SMILES string of the molecule is C=C(C)c1ccc(-c2cc(N(C)Cc3ccccc3)n3ncc(C(=O)N[C@H]4COC[C@H]4O)c3n2)n2ccnc12. The number of nitrogens with one attached hydrogen (secondary N) is 1. The van der Waals surface area contributed by atoms with E-state index in [1.165, 1.54) is 6.20 Å². The monoisotopic (exact) mass is 523 g/mol. The highest BCUT2D eigenvalue weighted by Gasteiger charge is 2.29. The molecule has 0 spiro atoms. The van der Waals surface area contributed by atoms with Crippen molar-refractivity contribution >= 4 is 28.6 Å². The summed E-state index contributed by atoms with van der Waals surface area (Å²) in [7, 11) is 1.98. The van der Waals surface area contributed by atoms with E-state index < -0.39 is 12.1 Å². The lowest BCUT2D eigenvalue weighted by molar-refractivity contribution is 0.0888. The third-order valence-corrected chi connectivity index (χ3v) is 6.99. The maximum Gasteiger partial charge on any atom is 0.257 e. The normalized spacial score (nSPS) is 17.1. The largest absolute Gasteiger partial charge is 0.388 e. The number of fused-ring (bicyclic) bond motifs is 2. The summed E-state index contributed by atoms with van der Waals surface area (Å²) in [6.07, 6.45) is 4.40. The van der Waals surface area contributed by atoms with Crippen molar-refractivity contribution in [2.24, 2.45) is 0 Å². The molecular formula is C29H29N7O3. The fraction of sp³-hybridized carbons (Fsp3) is 0.241. The van der Waals surface area contributed by atoms with Gasteiger partial charge in [-0.3, -0.25) is 9.20 Å². The van der Waals surface area contributed by atoms with Crippen molar-refractivity contribution in [3.63, 3.8) is 0 Å². The van der Waals surface area contributed by atoms with Gasteiger partial charge in [0, 0.05) is 37.6 Å². The average Bonchev–Trinajstić information content (AvgIpc) is 3.68. The Balaban J connectivity index is 1.49. The van der Waals surface area contributed by atoms with Crippen molar-refractivity contribution in [2.75, 3.05) is 25.2 Å². The lowest BCUT2D eigenvalue weighted by atomic mass is 10.1. The summed E-state index contributed by atoms with van der Waals surface area (Å²) < 4.78 is 8.95. The van der Waals surface area contributed by atoms with E-state index >= 15 is 0 Å². The van der Waals surface area contributed by atoms with Crippen molar-refractivity contribution < 1.29 is 14.6 Å². The molecule has 0 bridgehead atoms. The smallest absolute Gasteiger partial charge is 0.257 e.